The van der Waals surface area contributed by atoms with Crippen molar-refractivity contribution in [1.29, 1.82) is 0 Å². The molecule has 0 aliphatic carbocycles. The van der Waals surface area contributed by atoms with Crippen molar-refractivity contribution in [2.75, 3.05) is 0 Å². The summed E-state index contributed by atoms with van der Waals surface area (Å²) >= 11 is 3.62. The van der Waals surface area contributed by atoms with Gasteiger partial charge in [-0.25, -0.2) is 0 Å². The molecule has 1 aliphatic rings. The molecule has 1 nitrogen and oxygen atoms in total. The standard InChI is InChI=1S/C9H18O.2C9H18.C4H9.HI.Zn/c1-7(2)5-6-8-9(3,4)10-8;1-8(2)6-5-7-9(3)4;1-6-9(4,5)7-8(2)3;1-4(2)3;;/h7-8H,5-6H2,1-4H3;6,9H,5,7H2,1-4H3;6,8H,1,7H2,2-5H3;4H,1H2,2-3H3;1H;/q;;;-1;;+2/p-1. The summed E-state index contributed by atoms with van der Waals surface area (Å²) in [6.07, 6.45) is 11.2. The van der Waals surface area contributed by atoms with Crippen LogP contribution < -0.4 is 0 Å². The summed E-state index contributed by atoms with van der Waals surface area (Å²) in [6, 6.07) is 0. The van der Waals surface area contributed by atoms with Gasteiger partial charge in [-0.1, -0.05) is 87.0 Å². The van der Waals surface area contributed by atoms with E-state index in [1.54, 1.807) is 0 Å². The van der Waals surface area contributed by atoms with E-state index in [0.29, 0.717) is 17.4 Å². The van der Waals surface area contributed by atoms with E-state index in [0.717, 1.165) is 17.8 Å². The van der Waals surface area contributed by atoms with E-state index >= 15 is 0 Å². The molecule has 0 aromatic rings. The van der Waals surface area contributed by atoms with Crippen LogP contribution in [0.1, 0.15) is 129 Å². The van der Waals surface area contributed by atoms with Crippen LogP contribution >= 0.6 is 19.8 Å². The first-order valence-electron chi connectivity index (χ1n) is 13.4. The Morgan fingerprint density at radius 2 is 1.35 bits per heavy atom. The molecule has 1 fully saturated rings. The fraction of sp³-hybridized carbons (Fsp3) is 0.839. The molecule has 1 rings (SSSR count). The second-order valence-electron chi connectivity index (χ2n) is 12.6. The number of rotatable bonds is 9. The van der Waals surface area contributed by atoms with Gasteiger partial charge in [0.1, 0.15) is 0 Å². The first-order chi connectivity index (χ1) is 15.4. The van der Waals surface area contributed by atoms with Crippen molar-refractivity contribution in [2.45, 2.75) is 141 Å². The van der Waals surface area contributed by atoms with E-state index < -0.39 is 0 Å². The van der Waals surface area contributed by atoms with Crippen molar-refractivity contribution in [3.05, 3.63) is 31.2 Å². The zero-order chi connectivity index (χ0) is 28.1. The zero-order valence-electron chi connectivity index (χ0n) is 26.0. The Morgan fingerprint density at radius 1 is 0.971 bits per heavy atom. The first-order valence-corrected chi connectivity index (χ1v) is 22.5. The number of ether oxygens (including phenoxy) is 1. The Bertz CT molecular complexity index is 469. The van der Waals surface area contributed by atoms with Crippen LogP contribution in [0, 0.1) is 36.0 Å². The van der Waals surface area contributed by atoms with Crippen molar-refractivity contribution in [3.63, 3.8) is 0 Å². The van der Waals surface area contributed by atoms with Gasteiger partial charge in [0, 0.05) is 0 Å². The third kappa shape index (κ3) is 40.0. The van der Waals surface area contributed by atoms with Crippen molar-refractivity contribution >= 4 is 19.8 Å². The maximum atomic E-state index is 5.45. The number of hydrogen-bond acceptors (Lipinski definition) is 1. The summed E-state index contributed by atoms with van der Waals surface area (Å²) in [6.45, 7) is 38.1. The third-order valence-corrected chi connectivity index (χ3v) is 4.95. The Morgan fingerprint density at radius 3 is 1.56 bits per heavy atom. The molecule has 0 bridgehead atoms. The molecule has 0 aromatic heterocycles. The van der Waals surface area contributed by atoms with Crippen molar-refractivity contribution in [3.8, 4) is 0 Å². The van der Waals surface area contributed by atoms with E-state index in [2.05, 4.69) is 136 Å². The minimum absolute atomic E-state index is 0.203. The van der Waals surface area contributed by atoms with Gasteiger partial charge < -0.3 is 11.7 Å². The predicted molar refractivity (Wildman–Crippen MR) is 164 cm³/mol. The molecule has 1 aliphatic heterocycles. The topological polar surface area (TPSA) is 12.5 Å². The molecule has 0 radical (unpaired) electrons. The molecule has 3 heteroatoms. The van der Waals surface area contributed by atoms with Crippen molar-refractivity contribution < 1.29 is 19.5 Å². The monoisotopic (exact) mass is 642 g/mol. The molecular formula is C31H63IOZn. The number of halogens is 1. The molecule has 1 heterocycles. The van der Waals surface area contributed by atoms with Crippen molar-refractivity contribution in [1.82, 2.24) is 0 Å². The van der Waals surface area contributed by atoms with Gasteiger partial charge in [-0.05, 0) is 83.0 Å². The Balaban J connectivity index is -0.000000178. The van der Waals surface area contributed by atoms with Gasteiger partial charge >= 0.3 is 34.5 Å². The van der Waals surface area contributed by atoms with Crippen molar-refractivity contribution in [2.24, 2.45) is 29.1 Å². The number of allylic oxidation sites excluding steroid dienone is 3. The zero-order valence-corrected chi connectivity index (χ0v) is 31.1. The van der Waals surface area contributed by atoms with Crippen LogP contribution in [0.15, 0.2) is 24.3 Å². The summed E-state index contributed by atoms with van der Waals surface area (Å²) in [5, 5.41) is 0. The summed E-state index contributed by atoms with van der Waals surface area (Å²) < 4.78 is 5.45. The average molecular weight is 644 g/mol. The molecule has 0 spiro atoms. The molecule has 34 heavy (non-hydrogen) atoms. The average Bonchev–Trinajstić information content (AvgIpc) is 3.27. The van der Waals surface area contributed by atoms with Crippen LogP contribution in [0.4, 0.5) is 0 Å². The number of hydrogen-bond donors (Lipinski definition) is 0. The summed E-state index contributed by atoms with van der Waals surface area (Å²) in [4.78, 5) is 0. The first kappa shape index (κ1) is 41.9. The second-order valence-corrected chi connectivity index (χ2v) is 12.6. The molecule has 0 saturated carbocycles. The quantitative estimate of drug-likeness (QED) is 0.0800. The maximum absolute atomic E-state index is 5.45. The molecule has 1 unspecified atom stereocenters. The third-order valence-electron chi connectivity index (χ3n) is 4.95. The molecule has 1 atom stereocenters. The van der Waals surface area contributed by atoms with Gasteiger partial charge in [0.25, 0.3) is 0 Å². The second kappa shape index (κ2) is 24.1. The normalized spacial score (nSPS) is 15.6. The van der Waals surface area contributed by atoms with E-state index in [1.165, 1.54) is 52.5 Å². The van der Waals surface area contributed by atoms with Crippen LogP contribution in [0.3, 0.4) is 0 Å². The van der Waals surface area contributed by atoms with Crippen LogP contribution in [0.25, 0.3) is 0 Å². The molecule has 202 valence electrons. The van der Waals surface area contributed by atoms with Gasteiger partial charge in [-0.2, -0.15) is 5.92 Å². The van der Waals surface area contributed by atoms with Gasteiger partial charge in [-0.3, -0.25) is 0 Å². The Kier molecular flexibility index (Phi) is 29.8. The van der Waals surface area contributed by atoms with Crippen LogP contribution in [-0.4, -0.2) is 11.7 Å². The minimum atomic E-state index is 0.203. The van der Waals surface area contributed by atoms with Gasteiger partial charge in [0.05, 0.1) is 11.7 Å². The van der Waals surface area contributed by atoms with Crippen LogP contribution in [0.2, 0.25) is 0 Å². The molecule has 1 saturated heterocycles. The van der Waals surface area contributed by atoms with E-state index in [9.17, 15) is 0 Å². The van der Waals surface area contributed by atoms with E-state index in [-0.39, 0.29) is 5.60 Å². The Labute approximate surface area is 239 Å². The van der Waals surface area contributed by atoms with Gasteiger partial charge in [0.15, 0.2) is 0 Å². The Hall–Kier alpha value is 0.793. The molecule has 0 aromatic carbocycles. The van der Waals surface area contributed by atoms with Gasteiger partial charge in [-0.15, -0.1) is 6.58 Å². The van der Waals surface area contributed by atoms with E-state index in [4.69, 9.17) is 4.74 Å². The fourth-order valence-electron chi connectivity index (χ4n) is 3.06. The fourth-order valence-corrected chi connectivity index (χ4v) is 3.06. The molecular weight excluding hydrogens is 581 g/mol. The van der Waals surface area contributed by atoms with Gasteiger partial charge in [0.2, 0.25) is 0 Å². The SMILES string of the molecule is C=CC(C)(C)CC(C)C.CC(C)=CCCC(C)C.CC(C)CCC1OC1(C)C.[CH2-]C(C)C.[Zn+][I]. The summed E-state index contributed by atoms with van der Waals surface area (Å²) in [7, 11) is 0. The summed E-state index contributed by atoms with van der Waals surface area (Å²) in [5.74, 6) is 3.03. The van der Waals surface area contributed by atoms with Crippen LogP contribution in [0.5, 0.6) is 0 Å². The molecule has 0 N–H and O–H groups in total. The summed E-state index contributed by atoms with van der Waals surface area (Å²) in [5.41, 5.74) is 1.97. The predicted octanol–water partition coefficient (Wildman–Crippen LogP) is 11.6. The van der Waals surface area contributed by atoms with E-state index in [1.807, 2.05) is 6.08 Å². The molecule has 0 amide bonds. The van der Waals surface area contributed by atoms with Crippen LogP contribution in [-0.2, 0) is 19.5 Å². The number of epoxide rings is 1.